The van der Waals surface area contributed by atoms with Crippen molar-refractivity contribution < 1.29 is 4.92 Å². The predicted molar refractivity (Wildman–Crippen MR) is 49.5 cm³/mol. The van der Waals surface area contributed by atoms with Gasteiger partial charge in [-0.2, -0.15) is 0 Å². The quantitative estimate of drug-likeness (QED) is 0.422. The fourth-order valence-corrected chi connectivity index (χ4v) is 2.43. The molecular weight excluding hydrogens is 278 g/mol. The molecule has 0 heterocycles. The minimum Gasteiger partial charge on any atom is -0.264 e. The molecule has 11 heavy (non-hydrogen) atoms. The molecule has 1 radical (unpaired) electrons. The smallest absolute Gasteiger partial charge is 0.238 e. The Kier molecular flexibility index (Phi) is 2.91. The van der Waals surface area contributed by atoms with Gasteiger partial charge in [0, 0.05) is 11.3 Å². The first-order valence-corrected chi connectivity index (χ1v) is 4.98. The molecule has 0 aromatic carbocycles. The first-order chi connectivity index (χ1) is 5.04. The topological polar surface area (TPSA) is 43.1 Å². The van der Waals surface area contributed by atoms with Gasteiger partial charge in [-0.05, 0) is 19.3 Å². The second kappa shape index (κ2) is 3.39. The van der Waals surface area contributed by atoms with E-state index in [4.69, 9.17) is 0 Å². The van der Waals surface area contributed by atoms with Crippen LogP contribution in [0.2, 0.25) is 0 Å². The molecule has 0 spiro atoms. The fraction of sp³-hybridized carbons (Fsp3) is 0.833. The lowest BCUT2D eigenvalue weighted by Crippen LogP contribution is -2.40. The number of alkyl halides is 2. The van der Waals surface area contributed by atoms with Gasteiger partial charge in [-0.1, -0.05) is 31.9 Å². The van der Waals surface area contributed by atoms with Crippen LogP contribution in [0.15, 0.2) is 0 Å². The van der Waals surface area contributed by atoms with Crippen molar-refractivity contribution >= 4 is 31.9 Å². The van der Waals surface area contributed by atoms with E-state index in [9.17, 15) is 10.1 Å². The van der Waals surface area contributed by atoms with Gasteiger partial charge in [0.25, 0.3) is 0 Å². The zero-order valence-corrected chi connectivity index (χ0v) is 8.97. The van der Waals surface area contributed by atoms with Crippen LogP contribution >= 0.6 is 31.9 Å². The molecule has 0 aromatic heterocycles. The highest BCUT2D eigenvalue weighted by atomic mass is 79.9. The lowest BCUT2D eigenvalue weighted by Gasteiger charge is -2.27. The summed E-state index contributed by atoms with van der Waals surface area (Å²) in [5.74, 6) is 0. The Bertz CT molecular complexity index is 172. The van der Waals surface area contributed by atoms with Crippen LogP contribution in [0.5, 0.6) is 0 Å². The molecule has 0 amide bonds. The highest BCUT2D eigenvalue weighted by Gasteiger charge is 2.44. The minimum atomic E-state index is -0.582. The van der Waals surface area contributed by atoms with Gasteiger partial charge >= 0.3 is 0 Å². The van der Waals surface area contributed by atoms with Gasteiger partial charge in [-0.25, -0.2) is 0 Å². The summed E-state index contributed by atoms with van der Waals surface area (Å²) in [4.78, 5) is 10.3. The Morgan fingerprint density at radius 3 is 2.64 bits per heavy atom. The first-order valence-electron chi connectivity index (χ1n) is 3.40. The largest absolute Gasteiger partial charge is 0.264 e. The average Bonchev–Trinajstić information content (AvgIpc) is 1.85. The molecular formula is C6H8Br2NO2. The standard InChI is InChI=1S/C6H8Br2NO2/c7-6(8)4-2-1-3-5(6)9(10)11/h4-5H,1-3H2. The maximum absolute atomic E-state index is 10.5. The highest BCUT2D eigenvalue weighted by Crippen LogP contribution is 2.41. The molecule has 63 valence electrons. The van der Waals surface area contributed by atoms with Crippen LogP contribution < -0.4 is 0 Å². The molecule has 3 nitrogen and oxygen atoms in total. The molecule has 1 saturated carbocycles. The van der Waals surface area contributed by atoms with Crippen molar-refractivity contribution in [3.63, 3.8) is 0 Å². The van der Waals surface area contributed by atoms with Gasteiger partial charge < -0.3 is 0 Å². The number of nitrogens with zero attached hydrogens (tertiary/aromatic N) is 1. The van der Waals surface area contributed by atoms with Crippen LogP contribution in [0.3, 0.4) is 0 Å². The highest BCUT2D eigenvalue weighted by molar-refractivity contribution is 9.25. The average molecular weight is 286 g/mol. The number of hydrogen-bond donors (Lipinski definition) is 0. The summed E-state index contributed by atoms with van der Waals surface area (Å²) in [7, 11) is 0. The molecule has 1 unspecified atom stereocenters. The Hall–Kier alpha value is 0.360. The summed E-state index contributed by atoms with van der Waals surface area (Å²) in [6.07, 6.45) is 4.38. The van der Waals surface area contributed by atoms with Crippen molar-refractivity contribution in [2.75, 3.05) is 0 Å². The summed E-state index contributed by atoms with van der Waals surface area (Å²) in [5.41, 5.74) is 0. The normalized spacial score (nSPS) is 29.8. The van der Waals surface area contributed by atoms with Gasteiger partial charge in [0.15, 0.2) is 3.23 Å². The zero-order chi connectivity index (χ0) is 8.48. The van der Waals surface area contributed by atoms with E-state index in [1.807, 2.05) is 6.42 Å². The summed E-state index contributed by atoms with van der Waals surface area (Å²) in [6.45, 7) is 0. The monoisotopic (exact) mass is 284 g/mol. The molecule has 0 aliphatic heterocycles. The molecule has 1 atom stereocenters. The van der Waals surface area contributed by atoms with Crippen molar-refractivity contribution in [1.29, 1.82) is 0 Å². The Morgan fingerprint density at radius 1 is 1.64 bits per heavy atom. The van der Waals surface area contributed by atoms with E-state index >= 15 is 0 Å². The minimum absolute atomic E-state index is 0.237. The molecule has 0 saturated heterocycles. The van der Waals surface area contributed by atoms with E-state index in [0.717, 1.165) is 12.8 Å². The van der Waals surface area contributed by atoms with Crippen LogP contribution in [-0.4, -0.2) is 14.2 Å². The lowest BCUT2D eigenvalue weighted by atomic mass is 9.96. The zero-order valence-electron chi connectivity index (χ0n) is 5.80. The summed E-state index contributed by atoms with van der Waals surface area (Å²) in [6, 6.07) is -0.531. The third-order valence-corrected chi connectivity index (χ3v) is 3.50. The molecule has 1 fully saturated rings. The third kappa shape index (κ3) is 2.15. The van der Waals surface area contributed by atoms with Crippen molar-refractivity contribution in [2.45, 2.75) is 28.5 Å². The summed E-state index contributed by atoms with van der Waals surface area (Å²) < 4.78 is -0.582. The molecule has 0 N–H and O–H groups in total. The molecule has 1 aliphatic rings. The number of nitro groups is 1. The van der Waals surface area contributed by atoms with Crippen molar-refractivity contribution in [1.82, 2.24) is 0 Å². The third-order valence-electron chi connectivity index (χ3n) is 1.80. The molecule has 1 aliphatic carbocycles. The summed E-state index contributed by atoms with van der Waals surface area (Å²) in [5, 5.41) is 10.5. The van der Waals surface area contributed by atoms with Crippen LogP contribution in [-0.2, 0) is 0 Å². The van der Waals surface area contributed by atoms with Crippen molar-refractivity contribution in [3.05, 3.63) is 16.5 Å². The fourth-order valence-electron chi connectivity index (χ4n) is 1.18. The van der Waals surface area contributed by atoms with E-state index in [0.29, 0.717) is 6.42 Å². The van der Waals surface area contributed by atoms with Gasteiger partial charge in [0.2, 0.25) is 6.04 Å². The molecule has 1 rings (SSSR count). The number of hydrogen-bond acceptors (Lipinski definition) is 2. The second-order valence-corrected chi connectivity index (χ2v) is 6.30. The number of rotatable bonds is 1. The Balaban J connectivity index is 2.67. The molecule has 0 aromatic rings. The van der Waals surface area contributed by atoms with Gasteiger partial charge in [-0.3, -0.25) is 10.1 Å². The second-order valence-electron chi connectivity index (χ2n) is 2.61. The SMILES string of the molecule is O=[N+]([O-])C1CCC[CH]C1(Br)Br. The van der Waals surface area contributed by atoms with Crippen molar-refractivity contribution in [3.8, 4) is 0 Å². The van der Waals surface area contributed by atoms with Crippen LogP contribution in [0, 0.1) is 16.5 Å². The van der Waals surface area contributed by atoms with Crippen LogP contribution in [0.1, 0.15) is 19.3 Å². The Labute approximate surface area is 81.9 Å². The molecule has 0 bridgehead atoms. The summed E-state index contributed by atoms with van der Waals surface area (Å²) >= 11 is 6.56. The lowest BCUT2D eigenvalue weighted by molar-refractivity contribution is -0.524. The van der Waals surface area contributed by atoms with Gasteiger partial charge in [-0.15, -0.1) is 0 Å². The first kappa shape index (κ1) is 9.45. The Morgan fingerprint density at radius 2 is 2.27 bits per heavy atom. The van der Waals surface area contributed by atoms with E-state index < -0.39 is 9.28 Å². The van der Waals surface area contributed by atoms with Gasteiger partial charge in [0.1, 0.15) is 0 Å². The van der Waals surface area contributed by atoms with Crippen LogP contribution in [0.4, 0.5) is 0 Å². The van der Waals surface area contributed by atoms with E-state index in [1.165, 1.54) is 0 Å². The van der Waals surface area contributed by atoms with E-state index in [-0.39, 0.29) is 4.92 Å². The maximum atomic E-state index is 10.5. The van der Waals surface area contributed by atoms with Gasteiger partial charge in [0.05, 0.1) is 0 Å². The molecule has 5 heteroatoms. The maximum Gasteiger partial charge on any atom is 0.238 e. The predicted octanol–water partition coefficient (Wildman–Crippen LogP) is 2.51. The van der Waals surface area contributed by atoms with E-state index in [2.05, 4.69) is 31.9 Å². The number of halogens is 2. The van der Waals surface area contributed by atoms with E-state index in [1.54, 1.807) is 0 Å². The van der Waals surface area contributed by atoms with Crippen molar-refractivity contribution in [2.24, 2.45) is 0 Å². The van der Waals surface area contributed by atoms with Crippen LogP contribution in [0.25, 0.3) is 0 Å².